The van der Waals surface area contributed by atoms with Crippen LogP contribution in [-0.4, -0.2) is 23.6 Å². The molecular formula is C4H6N2O2. The van der Waals surface area contributed by atoms with Gasteiger partial charge in [0.2, 0.25) is 0 Å². The highest BCUT2D eigenvalue weighted by Gasteiger charge is 1.97. The first kappa shape index (κ1) is 6.85. The number of rotatable bonds is 2. The molecule has 0 atom stereocenters. The van der Waals surface area contributed by atoms with Gasteiger partial charge < -0.3 is 10.3 Å². The van der Waals surface area contributed by atoms with Gasteiger partial charge in [-0.15, -0.1) is 0 Å². The van der Waals surface area contributed by atoms with E-state index < -0.39 is 5.97 Å². The molecule has 4 nitrogen and oxygen atoms in total. The van der Waals surface area contributed by atoms with Gasteiger partial charge in [-0.25, -0.2) is 4.79 Å². The monoisotopic (exact) mass is 115 g/mol. The van der Waals surface area contributed by atoms with E-state index >= 15 is 0 Å². The van der Waals surface area contributed by atoms with Crippen LogP contribution in [0, 0.1) is 0 Å². The fourth-order valence-corrected chi connectivity index (χ4v) is 0.227. The van der Waals surface area contributed by atoms with E-state index in [-0.39, 0.29) is 0 Å². The second-order valence-electron chi connectivity index (χ2n) is 0.997. The van der Waals surface area contributed by atoms with Crippen molar-refractivity contribution < 1.29 is 14.3 Å². The highest BCUT2D eigenvalue weighted by molar-refractivity contribution is 6.20. The summed E-state index contributed by atoms with van der Waals surface area (Å²) in [5, 5.41) is 0. The van der Waals surface area contributed by atoms with Crippen LogP contribution in [0.5, 0.6) is 0 Å². The summed E-state index contributed by atoms with van der Waals surface area (Å²) in [4.78, 5) is 12.6. The third-order valence-electron chi connectivity index (χ3n) is 0.450. The Morgan fingerprint density at radius 1 is 2.00 bits per heavy atom. The summed E-state index contributed by atoms with van der Waals surface area (Å²) in [5.41, 5.74) is 7.73. The molecule has 8 heavy (non-hydrogen) atoms. The Bertz CT molecular complexity index is 126. The van der Waals surface area contributed by atoms with Crippen LogP contribution >= 0.6 is 0 Å². The van der Waals surface area contributed by atoms with Crippen molar-refractivity contribution in [2.45, 2.75) is 6.92 Å². The zero-order valence-electron chi connectivity index (χ0n) is 4.50. The summed E-state index contributed by atoms with van der Waals surface area (Å²) in [6.45, 7) is 1.97. The first-order valence-corrected chi connectivity index (χ1v) is 2.15. The summed E-state index contributed by atoms with van der Waals surface area (Å²) in [6, 6.07) is 0. The number of hydrogen-bond acceptors (Lipinski definition) is 2. The molecule has 0 aliphatic rings. The average molecular weight is 115 g/mol. The smallest absolute Gasteiger partial charge is 0.413 e. The van der Waals surface area contributed by atoms with Crippen molar-refractivity contribution in [3.8, 4) is 0 Å². The Labute approximate surface area is 46.7 Å². The zero-order valence-corrected chi connectivity index (χ0v) is 4.50. The van der Waals surface area contributed by atoms with Crippen molar-refractivity contribution in [1.82, 2.24) is 0 Å². The van der Waals surface area contributed by atoms with E-state index in [1.165, 1.54) is 0 Å². The van der Waals surface area contributed by atoms with Crippen LogP contribution in [0.15, 0.2) is 0 Å². The molecule has 0 fully saturated rings. The maximum absolute atomic E-state index is 10.1. The molecule has 0 N–H and O–H groups in total. The van der Waals surface area contributed by atoms with Gasteiger partial charge in [-0.05, 0) is 6.92 Å². The molecule has 0 rings (SSSR count). The Balaban J connectivity index is 3.49. The first-order valence-electron chi connectivity index (χ1n) is 2.15. The molecule has 0 aromatic carbocycles. The van der Waals surface area contributed by atoms with Gasteiger partial charge in [0, 0.05) is 0 Å². The van der Waals surface area contributed by atoms with Gasteiger partial charge in [-0.3, -0.25) is 0 Å². The van der Waals surface area contributed by atoms with Crippen LogP contribution in [0.2, 0.25) is 0 Å². The lowest BCUT2D eigenvalue weighted by molar-refractivity contribution is -0.138. The molecule has 0 amide bonds. The van der Waals surface area contributed by atoms with Crippen LogP contribution in [0.1, 0.15) is 6.92 Å². The van der Waals surface area contributed by atoms with Gasteiger partial charge in [-0.1, -0.05) is 0 Å². The second kappa shape index (κ2) is 4.02. The number of carbonyl (C=O) groups is 1. The fraction of sp³-hybridized carbons (Fsp3) is 0.500. The van der Waals surface area contributed by atoms with Crippen molar-refractivity contribution in [2.24, 2.45) is 0 Å². The number of nitrogens with zero attached hydrogens (tertiary/aromatic N) is 2. The van der Waals surface area contributed by atoms with Crippen LogP contribution in [0.4, 0.5) is 0 Å². The van der Waals surface area contributed by atoms with Crippen LogP contribution in [-0.2, 0) is 9.53 Å². The molecule has 0 bridgehead atoms. The molecule has 0 aliphatic carbocycles. The summed E-state index contributed by atoms with van der Waals surface area (Å²) >= 11 is 0. The summed E-state index contributed by atoms with van der Waals surface area (Å²) in [7, 11) is 0. The van der Waals surface area contributed by atoms with Crippen molar-refractivity contribution in [3.63, 3.8) is 0 Å². The zero-order chi connectivity index (χ0) is 6.41. The van der Waals surface area contributed by atoms with E-state index in [2.05, 4.69) is 9.53 Å². The number of esters is 1. The van der Waals surface area contributed by atoms with Crippen molar-refractivity contribution >= 4 is 12.2 Å². The van der Waals surface area contributed by atoms with Gasteiger partial charge in [-0.2, -0.15) is 4.79 Å². The highest BCUT2D eigenvalue weighted by Crippen LogP contribution is 1.68. The van der Waals surface area contributed by atoms with Crippen molar-refractivity contribution in [3.05, 3.63) is 5.53 Å². The summed E-state index contributed by atoms with van der Waals surface area (Å²) in [5.74, 6) is -0.630. The molecule has 0 saturated carbocycles. The predicted octanol–water partition coefficient (Wildman–Crippen LogP) is -0.150. The van der Waals surface area contributed by atoms with E-state index in [4.69, 9.17) is 5.53 Å². The van der Waals surface area contributed by atoms with Gasteiger partial charge in [0.15, 0.2) is 0 Å². The third kappa shape index (κ3) is 3.06. The quantitative estimate of drug-likeness (QED) is 0.165. The van der Waals surface area contributed by atoms with Crippen LogP contribution in [0.25, 0.3) is 5.53 Å². The fourth-order valence-electron chi connectivity index (χ4n) is 0.227. The molecular weight excluding hydrogens is 109 g/mol. The van der Waals surface area contributed by atoms with Gasteiger partial charge >= 0.3 is 12.2 Å². The Kier molecular flexibility index (Phi) is 3.44. The minimum atomic E-state index is -0.630. The number of carbonyl (C=O) groups excluding carboxylic acids is 1. The van der Waals surface area contributed by atoms with Gasteiger partial charge in [0.25, 0.3) is 0 Å². The molecule has 0 heterocycles. The van der Waals surface area contributed by atoms with E-state index in [0.29, 0.717) is 12.8 Å². The molecule has 0 aliphatic heterocycles. The van der Waals surface area contributed by atoms with E-state index in [1.54, 1.807) is 6.92 Å². The van der Waals surface area contributed by atoms with Gasteiger partial charge in [0.05, 0.1) is 6.61 Å². The number of ether oxygens (including phenoxy) is 1. The summed E-state index contributed by atoms with van der Waals surface area (Å²) < 4.78 is 4.33. The maximum atomic E-state index is 10.1. The lowest BCUT2D eigenvalue weighted by Gasteiger charge is -1.86. The minimum absolute atomic E-state index is 0.296. The standard InChI is InChI=1S/C4H6N2O2/c1-2-8-4(7)3-6-5/h3H,2H2,1H3/i3+1. The lowest BCUT2D eigenvalue weighted by Crippen LogP contribution is -2.04. The van der Waals surface area contributed by atoms with E-state index in [9.17, 15) is 4.79 Å². The van der Waals surface area contributed by atoms with Crippen LogP contribution < -0.4 is 0 Å². The average Bonchev–Trinajstić information content (AvgIpc) is 1.68. The molecule has 44 valence electrons. The Morgan fingerprint density at radius 2 is 2.62 bits per heavy atom. The maximum Gasteiger partial charge on any atom is 0.413 e. The SMILES string of the molecule is CCOC(=O)[13CH]=[N+]=[N-]. The third-order valence-corrected chi connectivity index (χ3v) is 0.450. The van der Waals surface area contributed by atoms with Crippen LogP contribution in [0.3, 0.4) is 0 Å². The molecule has 0 spiro atoms. The topological polar surface area (TPSA) is 62.7 Å². The number of hydrogen-bond donors (Lipinski definition) is 0. The second-order valence-corrected chi connectivity index (χ2v) is 0.997. The predicted molar refractivity (Wildman–Crippen MR) is 26.3 cm³/mol. The molecule has 0 aromatic heterocycles. The highest BCUT2D eigenvalue weighted by atomic mass is 16.5. The molecule has 0 radical (unpaired) electrons. The molecule has 0 saturated heterocycles. The normalized spacial score (nSPS) is 7.12. The molecule has 0 unspecified atom stereocenters. The largest absolute Gasteiger partial charge is 0.458 e. The van der Waals surface area contributed by atoms with E-state index in [1.807, 2.05) is 0 Å². The first-order chi connectivity index (χ1) is 3.81. The summed E-state index contributed by atoms with van der Waals surface area (Å²) in [6.07, 6.45) is 0.698. The molecule has 0 aromatic rings. The van der Waals surface area contributed by atoms with Crippen molar-refractivity contribution in [2.75, 3.05) is 6.61 Å². The van der Waals surface area contributed by atoms with Gasteiger partial charge in [0.1, 0.15) is 0 Å². The van der Waals surface area contributed by atoms with Crippen molar-refractivity contribution in [1.29, 1.82) is 0 Å². The Morgan fingerprint density at radius 3 is 3.00 bits per heavy atom. The van der Waals surface area contributed by atoms with E-state index in [0.717, 1.165) is 0 Å². The lowest BCUT2D eigenvalue weighted by atomic mass is 10.9. The minimum Gasteiger partial charge on any atom is -0.458 e. The molecule has 4 heteroatoms. The Hall–Kier alpha value is -1.15.